The molecule has 1 saturated heterocycles. The van der Waals surface area contributed by atoms with E-state index in [1.54, 1.807) is 0 Å². The lowest BCUT2D eigenvalue weighted by Gasteiger charge is -2.38. The summed E-state index contributed by atoms with van der Waals surface area (Å²) in [6.45, 7) is 9.07. The molecule has 20 heavy (non-hydrogen) atoms. The van der Waals surface area contributed by atoms with E-state index in [-0.39, 0.29) is 17.6 Å². The predicted molar refractivity (Wildman–Crippen MR) is 83.4 cm³/mol. The van der Waals surface area contributed by atoms with Gasteiger partial charge in [0.25, 0.3) is 0 Å². The van der Waals surface area contributed by atoms with E-state index in [2.05, 4.69) is 37.9 Å². The second kappa shape index (κ2) is 6.46. The van der Waals surface area contributed by atoms with E-state index in [4.69, 9.17) is 0 Å². The fraction of sp³-hybridized carbons (Fsp3) is 0.941. The number of amides is 1. The number of carbonyl (C=O) groups is 1. The molecule has 3 nitrogen and oxygen atoms in total. The van der Waals surface area contributed by atoms with Crippen LogP contribution in [-0.4, -0.2) is 29.1 Å². The third-order valence-electron chi connectivity index (χ3n) is 5.23. The first kappa shape index (κ1) is 15.8. The molecule has 2 fully saturated rings. The van der Waals surface area contributed by atoms with Crippen LogP contribution in [0.4, 0.5) is 0 Å². The van der Waals surface area contributed by atoms with Crippen molar-refractivity contribution in [3.63, 3.8) is 0 Å². The third-order valence-corrected chi connectivity index (χ3v) is 5.23. The predicted octanol–water partition coefficient (Wildman–Crippen LogP) is 3.68. The van der Waals surface area contributed by atoms with Gasteiger partial charge in [-0.15, -0.1) is 0 Å². The van der Waals surface area contributed by atoms with Gasteiger partial charge in [0.05, 0.1) is 12.2 Å². The maximum absolute atomic E-state index is 12.8. The lowest BCUT2D eigenvalue weighted by molar-refractivity contribution is -0.134. The van der Waals surface area contributed by atoms with Gasteiger partial charge in [-0.2, -0.15) is 0 Å². The van der Waals surface area contributed by atoms with Gasteiger partial charge in [-0.1, -0.05) is 53.4 Å². The van der Waals surface area contributed by atoms with E-state index in [1.807, 2.05) is 0 Å². The van der Waals surface area contributed by atoms with Gasteiger partial charge >= 0.3 is 0 Å². The van der Waals surface area contributed by atoms with Gasteiger partial charge in [0.2, 0.25) is 5.91 Å². The van der Waals surface area contributed by atoms with Crippen LogP contribution in [0.15, 0.2) is 0 Å². The van der Waals surface area contributed by atoms with E-state index in [0.29, 0.717) is 11.9 Å². The zero-order valence-corrected chi connectivity index (χ0v) is 13.7. The molecule has 0 aromatic heterocycles. The molecule has 3 heteroatoms. The maximum Gasteiger partial charge on any atom is 0.241 e. The van der Waals surface area contributed by atoms with Gasteiger partial charge in [0, 0.05) is 6.04 Å². The Balaban J connectivity index is 2.13. The van der Waals surface area contributed by atoms with Crippen molar-refractivity contribution in [3.05, 3.63) is 0 Å². The molecular weight excluding hydrogens is 248 g/mol. The number of nitrogens with zero attached hydrogens (tertiary/aromatic N) is 1. The summed E-state index contributed by atoms with van der Waals surface area (Å²) in [6, 6.07) is 0.508. The van der Waals surface area contributed by atoms with Crippen molar-refractivity contribution in [3.8, 4) is 0 Å². The quantitative estimate of drug-likeness (QED) is 0.805. The average Bonchev–Trinajstić information content (AvgIpc) is 2.88. The zero-order valence-electron chi connectivity index (χ0n) is 13.7. The van der Waals surface area contributed by atoms with E-state index >= 15 is 0 Å². The second-order valence-electron chi connectivity index (χ2n) is 7.31. The molecule has 0 aromatic rings. The van der Waals surface area contributed by atoms with Crippen molar-refractivity contribution in [1.82, 2.24) is 10.2 Å². The summed E-state index contributed by atoms with van der Waals surface area (Å²) in [7, 11) is 0. The minimum atomic E-state index is 0.0721. The maximum atomic E-state index is 12.8. The van der Waals surface area contributed by atoms with Crippen LogP contribution in [0.1, 0.15) is 79.1 Å². The molecule has 1 amide bonds. The Labute approximate surface area is 124 Å². The summed E-state index contributed by atoms with van der Waals surface area (Å²) in [5.41, 5.74) is 0.281. The minimum absolute atomic E-state index is 0.0721. The summed E-state index contributed by atoms with van der Waals surface area (Å²) in [5, 5.41) is 3.62. The molecule has 0 spiro atoms. The Kier molecular flexibility index (Phi) is 5.11. The zero-order chi connectivity index (χ0) is 14.8. The number of rotatable bonds is 6. The van der Waals surface area contributed by atoms with E-state index in [0.717, 1.165) is 25.7 Å². The summed E-state index contributed by atoms with van der Waals surface area (Å²) in [4.78, 5) is 15.1. The summed E-state index contributed by atoms with van der Waals surface area (Å²) < 4.78 is 0. The number of nitrogens with one attached hydrogen (secondary N) is 1. The highest BCUT2D eigenvalue weighted by atomic mass is 16.2. The first-order chi connectivity index (χ1) is 9.51. The van der Waals surface area contributed by atoms with Crippen molar-refractivity contribution in [2.75, 3.05) is 0 Å². The van der Waals surface area contributed by atoms with Gasteiger partial charge in [0.1, 0.15) is 0 Å². The Bertz CT molecular complexity index is 340. The molecule has 0 radical (unpaired) electrons. The van der Waals surface area contributed by atoms with Gasteiger partial charge in [-0.3, -0.25) is 10.1 Å². The molecule has 1 aliphatic carbocycles. The lowest BCUT2D eigenvalue weighted by Crippen LogP contribution is -2.49. The molecule has 3 unspecified atom stereocenters. The number of hydrogen-bond acceptors (Lipinski definition) is 2. The van der Waals surface area contributed by atoms with Crippen molar-refractivity contribution in [2.24, 2.45) is 5.41 Å². The van der Waals surface area contributed by atoms with Crippen LogP contribution < -0.4 is 5.32 Å². The summed E-state index contributed by atoms with van der Waals surface area (Å²) >= 11 is 0. The molecule has 1 saturated carbocycles. The molecule has 0 aromatic carbocycles. The van der Waals surface area contributed by atoms with Crippen LogP contribution in [0.25, 0.3) is 0 Å². The first-order valence-corrected chi connectivity index (χ1v) is 8.59. The highest BCUT2D eigenvalue weighted by Crippen LogP contribution is 2.42. The van der Waals surface area contributed by atoms with Crippen LogP contribution in [0.3, 0.4) is 0 Å². The Hall–Kier alpha value is -0.570. The van der Waals surface area contributed by atoms with Crippen LogP contribution >= 0.6 is 0 Å². The topological polar surface area (TPSA) is 32.3 Å². The SMILES string of the molecule is CCCCC1NC(CCC)N(C2CCCC2(C)C)C1=O. The highest BCUT2D eigenvalue weighted by Gasteiger charge is 2.48. The van der Waals surface area contributed by atoms with Crippen LogP contribution in [0, 0.1) is 5.41 Å². The van der Waals surface area contributed by atoms with E-state index in [9.17, 15) is 4.79 Å². The van der Waals surface area contributed by atoms with Crippen molar-refractivity contribution < 1.29 is 4.79 Å². The number of hydrogen-bond donors (Lipinski definition) is 1. The van der Waals surface area contributed by atoms with Gasteiger partial charge in [0.15, 0.2) is 0 Å². The Morgan fingerprint density at radius 2 is 2.00 bits per heavy atom. The molecule has 1 aliphatic heterocycles. The monoisotopic (exact) mass is 280 g/mol. The molecule has 1 N–H and O–H groups in total. The third kappa shape index (κ3) is 3.03. The fourth-order valence-corrected chi connectivity index (χ4v) is 4.02. The molecule has 0 bridgehead atoms. The van der Waals surface area contributed by atoms with E-state index in [1.165, 1.54) is 25.7 Å². The van der Waals surface area contributed by atoms with Gasteiger partial charge < -0.3 is 4.90 Å². The Morgan fingerprint density at radius 3 is 2.55 bits per heavy atom. The normalized spacial score (nSPS) is 33.1. The molecule has 1 heterocycles. The van der Waals surface area contributed by atoms with Gasteiger partial charge in [-0.05, 0) is 31.1 Å². The smallest absolute Gasteiger partial charge is 0.241 e. The number of carbonyl (C=O) groups excluding carboxylic acids is 1. The Morgan fingerprint density at radius 1 is 1.25 bits per heavy atom. The average molecular weight is 280 g/mol. The highest BCUT2D eigenvalue weighted by molar-refractivity contribution is 5.84. The summed E-state index contributed by atoms with van der Waals surface area (Å²) in [5.74, 6) is 0.372. The largest absolute Gasteiger partial charge is 0.322 e. The van der Waals surface area contributed by atoms with Crippen molar-refractivity contribution in [2.45, 2.75) is 97.3 Å². The van der Waals surface area contributed by atoms with Crippen LogP contribution in [0.2, 0.25) is 0 Å². The second-order valence-corrected chi connectivity index (χ2v) is 7.31. The molecule has 116 valence electrons. The molecule has 2 aliphatic rings. The molecule has 3 atom stereocenters. The first-order valence-electron chi connectivity index (χ1n) is 8.59. The standard InChI is InChI=1S/C17H32N2O/c1-5-7-10-13-16(20)19(15(18-13)9-6-2)14-11-8-12-17(14,3)4/h13-15,18H,5-12H2,1-4H3. The van der Waals surface area contributed by atoms with E-state index < -0.39 is 0 Å². The van der Waals surface area contributed by atoms with Crippen molar-refractivity contribution >= 4 is 5.91 Å². The minimum Gasteiger partial charge on any atom is -0.322 e. The summed E-state index contributed by atoms with van der Waals surface area (Å²) in [6.07, 6.45) is 9.50. The molecular formula is C17H32N2O. The fourth-order valence-electron chi connectivity index (χ4n) is 4.02. The van der Waals surface area contributed by atoms with Gasteiger partial charge in [-0.25, -0.2) is 0 Å². The molecule has 2 rings (SSSR count). The van der Waals surface area contributed by atoms with Crippen molar-refractivity contribution in [1.29, 1.82) is 0 Å². The van der Waals surface area contributed by atoms with Crippen LogP contribution in [0.5, 0.6) is 0 Å². The number of unbranched alkanes of at least 4 members (excludes halogenated alkanes) is 1. The lowest BCUT2D eigenvalue weighted by atomic mass is 9.86. The van der Waals surface area contributed by atoms with Crippen LogP contribution in [-0.2, 0) is 4.79 Å².